The van der Waals surface area contributed by atoms with Crippen molar-refractivity contribution in [1.82, 2.24) is 5.32 Å². The molecule has 0 aliphatic rings. The van der Waals surface area contributed by atoms with Crippen LogP contribution in [0.4, 0.5) is 5.69 Å². The standard InChI is InChI=1S/C18H22N2OS2/c1-2-21-16-11-9-15(10-12-16)20-18(22)19-13-6-14-23-17-7-4-3-5-8-17/h3-5,7-12H,2,6,13-14H2,1H3,(H2,19,20,22). The largest absolute Gasteiger partial charge is 0.494 e. The number of thiocarbonyl (C=S) groups is 1. The lowest BCUT2D eigenvalue weighted by Crippen LogP contribution is -2.29. The maximum absolute atomic E-state index is 5.42. The lowest BCUT2D eigenvalue weighted by molar-refractivity contribution is 0.340. The van der Waals surface area contributed by atoms with Gasteiger partial charge in [-0.05, 0) is 67.7 Å². The molecule has 122 valence electrons. The summed E-state index contributed by atoms with van der Waals surface area (Å²) in [7, 11) is 0. The fourth-order valence-corrected chi connectivity index (χ4v) is 3.05. The Morgan fingerprint density at radius 3 is 2.52 bits per heavy atom. The van der Waals surface area contributed by atoms with Crippen molar-refractivity contribution in [1.29, 1.82) is 0 Å². The second-order valence-corrected chi connectivity index (χ2v) is 6.43. The smallest absolute Gasteiger partial charge is 0.170 e. The van der Waals surface area contributed by atoms with Gasteiger partial charge in [-0.2, -0.15) is 0 Å². The molecule has 0 amide bonds. The van der Waals surface area contributed by atoms with Gasteiger partial charge >= 0.3 is 0 Å². The Labute approximate surface area is 147 Å². The van der Waals surface area contributed by atoms with E-state index in [0.717, 1.165) is 30.2 Å². The zero-order chi connectivity index (χ0) is 16.3. The maximum atomic E-state index is 5.42. The minimum Gasteiger partial charge on any atom is -0.494 e. The Bertz CT molecular complexity index is 588. The molecule has 2 rings (SSSR count). The predicted octanol–water partition coefficient (Wildman–Crippen LogP) is 4.55. The van der Waals surface area contributed by atoms with Crippen LogP contribution in [0.25, 0.3) is 0 Å². The maximum Gasteiger partial charge on any atom is 0.170 e. The van der Waals surface area contributed by atoms with Gasteiger partial charge in [0.15, 0.2) is 5.11 Å². The van der Waals surface area contributed by atoms with Crippen LogP contribution in [0, 0.1) is 0 Å². The van der Waals surface area contributed by atoms with E-state index in [1.54, 1.807) is 0 Å². The minimum atomic E-state index is 0.652. The van der Waals surface area contributed by atoms with Crippen molar-refractivity contribution in [2.24, 2.45) is 0 Å². The van der Waals surface area contributed by atoms with Gasteiger partial charge < -0.3 is 15.4 Å². The van der Waals surface area contributed by atoms with Crippen LogP contribution in [0.15, 0.2) is 59.5 Å². The number of hydrogen-bond acceptors (Lipinski definition) is 3. The van der Waals surface area contributed by atoms with Crippen molar-refractivity contribution in [3.8, 4) is 5.75 Å². The van der Waals surface area contributed by atoms with E-state index in [1.807, 2.05) is 49.0 Å². The number of anilines is 1. The summed E-state index contributed by atoms with van der Waals surface area (Å²) in [4.78, 5) is 1.31. The zero-order valence-electron chi connectivity index (χ0n) is 13.2. The van der Waals surface area contributed by atoms with Gasteiger partial charge in [0.1, 0.15) is 5.75 Å². The van der Waals surface area contributed by atoms with E-state index in [1.165, 1.54) is 4.90 Å². The van der Waals surface area contributed by atoms with E-state index < -0.39 is 0 Å². The highest BCUT2D eigenvalue weighted by atomic mass is 32.2. The van der Waals surface area contributed by atoms with Crippen molar-refractivity contribution in [2.45, 2.75) is 18.2 Å². The van der Waals surface area contributed by atoms with Crippen LogP contribution in [0.5, 0.6) is 5.75 Å². The average Bonchev–Trinajstić information content (AvgIpc) is 2.57. The average molecular weight is 347 g/mol. The normalized spacial score (nSPS) is 10.1. The quantitative estimate of drug-likeness (QED) is 0.416. The Morgan fingerprint density at radius 2 is 1.83 bits per heavy atom. The van der Waals surface area contributed by atoms with Gasteiger partial charge in [-0.1, -0.05) is 18.2 Å². The van der Waals surface area contributed by atoms with E-state index in [-0.39, 0.29) is 0 Å². The minimum absolute atomic E-state index is 0.652. The Hall–Kier alpha value is -1.72. The van der Waals surface area contributed by atoms with Crippen LogP contribution in [-0.4, -0.2) is 24.0 Å². The molecule has 0 atom stereocenters. The molecule has 23 heavy (non-hydrogen) atoms. The fourth-order valence-electron chi connectivity index (χ4n) is 1.96. The van der Waals surface area contributed by atoms with Gasteiger partial charge in [-0.25, -0.2) is 0 Å². The summed E-state index contributed by atoms with van der Waals surface area (Å²) < 4.78 is 5.42. The van der Waals surface area contributed by atoms with Crippen molar-refractivity contribution in [3.63, 3.8) is 0 Å². The van der Waals surface area contributed by atoms with Crippen LogP contribution in [0.1, 0.15) is 13.3 Å². The van der Waals surface area contributed by atoms with Crippen LogP contribution in [0.3, 0.4) is 0 Å². The SMILES string of the molecule is CCOc1ccc(NC(=S)NCCCSc2ccccc2)cc1. The summed E-state index contributed by atoms with van der Waals surface area (Å²) in [6, 6.07) is 18.2. The summed E-state index contributed by atoms with van der Waals surface area (Å²) in [5.74, 6) is 1.94. The summed E-state index contributed by atoms with van der Waals surface area (Å²) in [6.07, 6.45) is 1.06. The first-order chi connectivity index (χ1) is 11.3. The van der Waals surface area contributed by atoms with Gasteiger partial charge in [0.25, 0.3) is 0 Å². The predicted molar refractivity (Wildman–Crippen MR) is 104 cm³/mol. The van der Waals surface area contributed by atoms with E-state index in [2.05, 4.69) is 34.9 Å². The fraction of sp³-hybridized carbons (Fsp3) is 0.278. The van der Waals surface area contributed by atoms with Crippen LogP contribution in [-0.2, 0) is 0 Å². The van der Waals surface area contributed by atoms with E-state index in [0.29, 0.717) is 11.7 Å². The third-order valence-electron chi connectivity index (χ3n) is 3.04. The molecule has 0 unspecified atom stereocenters. The first-order valence-electron chi connectivity index (χ1n) is 7.73. The van der Waals surface area contributed by atoms with Crippen molar-refractivity contribution in [2.75, 3.05) is 24.2 Å². The number of benzene rings is 2. The Morgan fingerprint density at radius 1 is 1.09 bits per heavy atom. The highest BCUT2D eigenvalue weighted by molar-refractivity contribution is 7.99. The Balaban J connectivity index is 1.61. The number of rotatable bonds is 8. The molecule has 0 fully saturated rings. The molecule has 5 heteroatoms. The first-order valence-corrected chi connectivity index (χ1v) is 9.13. The number of thioether (sulfide) groups is 1. The molecule has 0 saturated heterocycles. The molecular weight excluding hydrogens is 324 g/mol. The van der Waals surface area contributed by atoms with Crippen molar-refractivity contribution < 1.29 is 4.74 Å². The molecule has 0 heterocycles. The molecule has 0 aromatic heterocycles. The molecule has 0 saturated carbocycles. The van der Waals surface area contributed by atoms with E-state index in [4.69, 9.17) is 17.0 Å². The first kappa shape index (κ1) is 17.6. The van der Waals surface area contributed by atoms with Gasteiger partial charge in [0, 0.05) is 17.1 Å². The summed E-state index contributed by atoms with van der Waals surface area (Å²) in [5.41, 5.74) is 0.963. The van der Waals surface area contributed by atoms with Crippen LogP contribution in [0.2, 0.25) is 0 Å². The van der Waals surface area contributed by atoms with Gasteiger partial charge in [0.2, 0.25) is 0 Å². The lowest BCUT2D eigenvalue weighted by atomic mass is 10.3. The monoisotopic (exact) mass is 346 g/mol. The third kappa shape index (κ3) is 6.93. The number of hydrogen-bond donors (Lipinski definition) is 2. The van der Waals surface area contributed by atoms with Gasteiger partial charge in [-0.3, -0.25) is 0 Å². The third-order valence-corrected chi connectivity index (χ3v) is 4.39. The molecule has 0 radical (unpaired) electrons. The topological polar surface area (TPSA) is 33.3 Å². The molecule has 0 spiro atoms. The molecule has 0 aliphatic carbocycles. The van der Waals surface area contributed by atoms with Crippen molar-refractivity contribution >= 4 is 34.8 Å². The second-order valence-electron chi connectivity index (χ2n) is 4.85. The molecule has 0 aliphatic heterocycles. The van der Waals surface area contributed by atoms with Gasteiger partial charge in [-0.15, -0.1) is 11.8 Å². The van der Waals surface area contributed by atoms with Crippen molar-refractivity contribution in [3.05, 3.63) is 54.6 Å². The molecular formula is C18H22N2OS2. The van der Waals surface area contributed by atoms with Crippen LogP contribution >= 0.6 is 24.0 Å². The second kappa shape index (κ2) is 10.1. The van der Waals surface area contributed by atoms with E-state index >= 15 is 0 Å². The molecule has 3 nitrogen and oxygen atoms in total. The van der Waals surface area contributed by atoms with E-state index in [9.17, 15) is 0 Å². The molecule has 2 aromatic rings. The zero-order valence-corrected chi connectivity index (χ0v) is 14.9. The van der Waals surface area contributed by atoms with Crippen LogP contribution < -0.4 is 15.4 Å². The lowest BCUT2D eigenvalue weighted by Gasteiger charge is -2.11. The highest BCUT2D eigenvalue weighted by Gasteiger charge is 1.99. The molecule has 2 aromatic carbocycles. The Kier molecular flexibility index (Phi) is 7.77. The summed E-state index contributed by atoms with van der Waals surface area (Å²) in [6.45, 7) is 3.51. The summed E-state index contributed by atoms with van der Waals surface area (Å²) in [5, 5.41) is 7.06. The van der Waals surface area contributed by atoms with Gasteiger partial charge in [0.05, 0.1) is 6.61 Å². The molecule has 0 bridgehead atoms. The number of nitrogens with one attached hydrogen (secondary N) is 2. The summed E-state index contributed by atoms with van der Waals surface area (Å²) >= 11 is 7.17. The molecule has 2 N–H and O–H groups in total. The highest BCUT2D eigenvalue weighted by Crippen LogP contribution is 2.17. The number of ether oxygens (including phenoxy) is 1.